The third-order valence-electron chi connectivity index (χ3n) is 4.41. The van der Waals surface area contributed by atoms with Crippen LogP contribution in [-0.4, -0.2) is 12.1 Å². The van der Waals surface area contributed by atoms with Crippen molar-refractivity contribution in [2.45, 2.75) is 6.61 Å². The van der Waals surface area contributed by atoms with Gasteiger partial charge < -0.3 is 9.15 Å². The number of carbonyl (C=O) groups is 1. The van der Waals surface area contributed by atoms with Gasteiger partial charge in [-0.25, -0.2) is 5.43 Å². The highest BCUT2D eigenvalue weighted by atomic mass is 79.9. The molecule has 0 radical (unpaired) electrons. The minimum absolute atomic E-state index is 0.157. The average Bonchev–Trinajstić information content (AvgIpc) is 3.19. The average molecular weight is 642 g/mol. The van der Waals surface area contributed by atoms with Crippen molar-refractivity contribution in [3.05, 3.63) is 96.0 Å². The fourth-order valence-electron chi connectivity index (χ4n) is 2.90. The van der Waals surface area contributed by atoms with E-state index in [1.54, 1.807) is 6.07 Å². The van der Waals surface area contributed by atoms with Gasteiger partial charge in [0.2, 0.25) is 0 Å². The number of nitrogens with zero attached hydrogens (tertiary/aromatic N) is 1. The Morgan fingerprint density at radius 1 is 1.03 bits per heavy atom. The summed E-state index contributed by atoms with van der Waals surface area (Å²) in [6.07, 6.45) is 1.52. The molecule has 32 heavy (non-hydrogen) atoms. The predicted octanol–water partition coefficient (Wildman–Crippen LogP) is 7.72. The summed E-state index contributed by atoms with van der Waals surface area (Å²) < 4.78 is 14.1. The van der Waals surface area contributed by atoms with Gasteiger partial charge in [0.25, 0.3) is 0 Å². The van der Waals surface area contributed by atoms with Crippen LogP contribution in [0.3, 0.4) is 0 Å². The first-order valence-corrected chi connectivity index (χ1v) is 12.0. The van der Waals surface area contributed by atoms with Gasteiger partial charge in [-0.05, 0) is 70.0 Å². The molecule has 0 aliphatic carbocycles. The van der Waals surface area contributed by atoms with Gasteiger partial charge in [0.1, 0.15) is 17.9 Å². The van der Waals surface area contributed by atoms with Gasteiger partial charge in [-0.2, -0.15) is 5.10 Å². The topological polar surface area (TPSA) is 63.8 Å². The summed E-state index contributed by atoms with van der Waals surface area (Å²) in [6.45, 7) is 0.370. The Bertz CT molecular complexity index is 1320. The SMILES string of the molecule is O=C(N/N=C\c1cc(Br)ccc1OCc1ccc(Cl)cc1)c1cc2cc(Br)cc(Br)c2o1. The number of ether oxygens (including phenoxy) is 1. The van der Waals surface area contributed by atoms with Crippen molar-refractivity contribution >= 4 is 82.5 Å². The first-order chi connectivity index (χ1) is 15.4. The number of carbonyl (C=O) groups excluding carboxylic acids is 1. The molecule has 162 valence electrons. The number of nitrogens with one attached hydrogen (secondary N) is 1. The Morgan fingerprint density at radius 2 is 1.81 bits per heavy atom. The van der Waals surface area contributed by atoms with Gasteiger partial charge in [0, 0.05) is 24.9 Å². The van der Waals surface area contributed by atoms with E-state index < -0.39 is 5.91 Å². The zero-order valence-corrected chi connectivity index (χ0v) is 21.8. The molecule has 4 aromatic rings. The second-order valence-electron chi connectivity index (χ2n) is 6.71. The van der Waals surface area contributed by atoms with E-state index in [-0.39, 0.29) is 5.76 Å². The maximum absolute atomic E-state index is 12.5. The Kier molecular flexibility index (Phi) is 7.35. The van der Waals surface area contributed by atoms with E-state index in [2.05, 4.69) is 58.3 Å². The van der Waals surface area contributed by atoms with Crippen LogP contribution in [-0.2, 0) is 6.61 Å². The fraction of sp³-hybridized carbons (Fsp3) is 0.0435. The normalized spacial score (nSPS) is 11.2. The molecule has 1 heterocycles. The lowest BCUT2D eigenvalue weighted by Crippen LogP contribution is -2.16. The molecule has 0 aliphatic rings. The third-order valence-corrected chi connectivity index (χ3v) is 6.20. The van der Waals surface area contributed by atoms with Crippen LogP contribution in [0.5, 0.6) is 5.75 Å². The quantitative estimate of drug-likeness (QED) is 0.173. The molecule has 1 amide bonds. The van der Waals surface area contributed by atoms with E-state index in [1.165, 1.54) is 6.21 Å². The highest BCUT2D eigenvalue weighted by molar-refractivity contribution is 9.11. The van der Waals surface area contributed by atoms with Crippen molar-refractivity contribution in [3.63, 3.8) is 0 Å². The van der Waals surface area contributed by atoms with Crippen molar-refractivity contribution < 1.29 is 13.9 Å². The van der Waals surface area contributed by atoms with Crippen LogP contribution in [0.2, 0.25) is 5.02 Å². The number of halogens is 4. The number of hydrogen-bond donors (Lipinski definition) is 1. The van der Waals surface area contributed by atoms with Crippen molar-refractivity contribution in [1.29, 1.82) is 0 Å². The maximum atomic E-state index is 12.5. The molecule has 0 saturated heterocycles. The van der Waals surface area contributed by atoms with E-state index >= 15 is 0 Å². The van der Waals surface area contributed by atoms with Crippen molar-refractivity contribution in [2.24, 2.45) is 5.10 Å². The molecule has 4 rings (SSSR count). The lowest BCUT2D eigenvalue weighted by atomic mass is 10.2. The number of fused-ring (bicyclic) bond motifs is 1. The molecule has 3 aromatic carbocycles. The Hall–Kier alpha value is -2.13. The summed E-state index contributed by atoms with van der Waals surface area (Å²) in [4.78, 5) is 12.5. The number of hydrogen-bond acceptors (Lipinski definition) is 4. The van der Waals surface area contributed by atoms with Gasteiger partial charge in [-0.1, -0.05) is 55.6 Å². The van der Waals surface area contributed by atoms with Crippen LogP contribution in [0, 0.1) is 0 Å². The molecule has 0 unspecified atom stereocenters. The highest BCUT2D eigenvalue weighted by Crippen LogP contribution is 2.31. The van der Waals surface area contributed by atoms with E-state index in [1.807, 2.05) is 54.6 Å². The first kappa shape index (κ1) is 23.0. The molecule has 0 atom stereocenters. The monoisotopic (exact) mass is 638 g/mol. The fourth-order valence-corrected chi connectivity index (χ4v) is 4.74. The minimum atomic E-state index is -0.459. The predicted molar refractivity (Wildman–Crippen MR) is 137 cm³/mol. The van der Waals surface area contributed by atoms with Gasteiger partial charge in [0.05, 0.1) is 10.7 Å². The van der Waals surface area contributed by atoms with Crippen molar-refractivity contribution in [2.75, 3.05) is 0 Å². The Labute approximate surface area is 214 Å². The van der Waals surface area contributed by atoms with Crippen molar-refractivity contribution in [3.8, 4) is 5.75 Å². The van der Waals surface area contributed by atoms with E-state index in [0.717, 1.165) is 24.4 Å². The molecule has 1 N–H and O–H groups in total. The van der Waals surface area contributed by atoms with Crippen LogP contribution in [0.4, 0.5) is 0 Å². The molecule has 1 aromatic heterocycles. The molecule has 0 fully saturated rings. The molecule has 0 saturated carbocycles. The van der Waals surface area contributed by atoms with E-state index in [0.29, 0.717) is 28.5 Å². The van der Waals surface area contributed by atoms with Crippen molar-refractivity contribution in [1.82, 2.24) is 5.43 Å². The largest absolute Gasteiger partial charge is 0.488 e. The molecule has 0 aliphatic heterocycles. The smallest absolute Gasteiger partial charge is 0.307 e. The zero-order valence-electron chi connectivity index (χ0n) is 16.2. The molecule has 5 nitrogen and oxygen atoms in total. The summed E-state index contributed by atoms with van der Waals surface area (Å²) >= 11 is 16.2. The second-order valence-corrected chi connectivity index (χ2v) is 9.84. The van der Waals surface area contributed by atoms with Gasteiger partial charge in [0.15, 0.2) is 5.76 Å². The molecule has 9 heteroatoms. The van der Waals surface area contributed by atoms with Gasteiger partial charge >= 0.3 is 5.91 Å². The highest BCUT2D eigenvalue weighted by Gasteiger charge is 2.14. The van der Waals surface area contributed by atoms with E-state index in [4.69, 9.17) is 20.8 Å². The third kappa shape index (κ3) is 5.61. The van der Waals surface area contributed by atoms with Gasteiger partial charge in [-0.3, -0.25) is 4.79 Å². The number of hydrazone groups is 1. The van der Waals surface area contributed by atoms with Gasteiger partial charge in [-0.15, -0.1) is 0 Å². The molecular weight excluding hydrogens is 627 g/mol. The summed E-state index contributed by atoms with van der Waals surface area (Å²) in [5.41, 5.74) is 4.76. The molecular formula is C23H14Br3ClN2O3. The Morgan fingerprint density at radius 3 is 2.59 bits per heavy atom. The van der Waals surface area contributed by atoms with Crippen LogP contribution in [0.25, 0.3) is 11.0 Å². The summed E-state index contributed by atoms with van der Waals surface area (Å²) in [6, 6.07) is 18.4. The Balaban J connectivity index is 1.47. The lowest BCUT2D eigenvalue weighted by Gasteiger charge is -2.10. The molecule has 0 bridgehead atoms. The van der Waals surface area contributed by atoms with Crippen LogP contribution < -0.4 is 10.2 Å². The number of benzene rings is 3. The summed E-state index contributed by atoms with van der Waals surface area (Å²) in [5, 5.41) is 5.54. The first-order valence-electron chi connectivity index (χ1n) is 9.28. The van der Waals surface area contributed by atoms with Crippen LogP contribution in [0.1, 0.15) is 21.7 Å². The van der Waals surface area contributed by atoms with Crippen LogP contribution in [0.15, 0.2) is 83.6 Å². The number of amides is 1. The number of rotatable bonds is 6. The minimum Gasteiger partial charge on any atom is -0.488 e. The standard InChI is InChI=1S/C23H14Br3ClN2O3/c24-16-3-6-20(31-12-13-1-4-18(27)5-2-13)15(8-16)11-28-29-23(30)21-9-14-7-17(25)10-19(26)22(14)32-21/h1-11H,12H2,(H,29,30)/b28-11-. The maximum Gasteiger partial charge on any atom is 0.307 e. The summed E-state index contributed by atoms with van der Waals surface area (Å²) in [5.74, 6) is 0.321. The van der Waals surface area contributed by atoms with Crippen LogP contribution >= 0.6 is 59.4 Å². The van der Waals surface area contributed by atoms with E-state index in [9.17, 15) is 4.79 Å². The summed E-state index contributed by atoms with van der Waals surface area (Å²) in [7, 11) is 0. The molecule has 0 spiro atoms. The number of furan rings is 1. The zero-order chi connectivity index (χ0) is 22.7. The lowest BCUT2D eigenvalue weighted by molar-refractivity contribution is 0.0929. The second kappa shape index (κ2) is 10.2.